The molecule has 0 bridgehead atoms. The highest BCUT2D eigenvalue weighted by Gasteiger charge is 2.37. The number of ether oxygens (including phenoxy) is 1. The van der Waals surface area contributed by atoms with Crippen molar-refractivity contribution >= 4 is 0 Å². The first-order valence-electron chi connectivity index (χ1n) is 8.89. The Labute approximate surface area is 153 Å². The number of piperidine rings is 1. The van der Waals surface area contributed by atoms with Crippen molar-refractivity contribution in [3.8, 4) is 11.8 Å². The lowest BCUT2D eigenvalue weighted by atomic mass is 9.89. The summed E-state index contributed by atoms with van der Waals surface area (Å²) in [4.78, 5) is 2.21. The number of β-amino-alcohol motifs (C(OH)–C–C–N with tert-alkyl or cyclic N) is 1. The Balaban J connectivity index is 1.75. The maximum absolute atomic E-state index is 11.1. The van der Waals surface area contributed by atoms with Gasteiger partial charge in [-0.1, -0.05) is 11.3 Å². The topological polar surface area (TPSA) is 87.2 Å². The minimum atomic E-state index is -0.984. The number of nitrogens with zero attached hydrogens (tertiary/aromatic N) is 5. The molecule has 138 valence electrons. The summed E-state index contributed by atoms with van der Waals surface area (Å²) in [6, 6.07) is 7.94. The summed E-state index contributed by atoms with van der Waals surface area (Å²) < 4.78 is 7.07. The number of hydrogen-bond donors (Lipinski definition) is 1. The summed E-state index contributed by atoms with van der Waals surface area (Å²) >= 11 is 0. The van der Waals surface area contributed by atoms with Crippen molar-refractivity contribution in [2.45, 2.75) is 44.9 Å². The number of aromatic nitrogens is 3. The van der Waals surface area contributed by atoms with Crippen molar-refractivity contribution in [2.24, 2.45) is 0 Å². The van der Waals surface area contributed by atoms with Gasteiger partial charge in [0.05, 0.1) is 18.9 Å². The maximum atomic E-state index is 11.1. The monoisotopic (exact) mass is 355 g/mol. The Morgan fingerprint density at radius 1 is 1.42 bits per heavy atom. The van der Waals surface area contributed by atoms with Crippen LogP contribution in [0.2, 0.25) is 0 Å². The second-order valence-electron chi connectivity index (χ2n) is 7.17. The van der Waals surface area contributed by atoms with Gasteiger partial charge in [0.2, 0.25) is 0 Å². The van der Waals surface area contributed by atoms with E-state index in [0.29, 0.717) is 36.5 Å². The first kappa shape index (κ1) is 18.4. The third-order valence-corrected chi connectivity index (χ3v) is 4.86. The van der Waals surface area contributed by atoms with Gasteiger partial charge < -0.3 is 9.84 Å². The zero-order valence-electron chi connectivity index (χ0n) is 15.5. The first-order chi connectivity index (χ1) is 12.4. The van der Waals surface area contributed by atoms with Crippen molar-refractivity contribution in [3.05, 3.63) is 41.2 Å². The van der Waals surface area contributed by atoms with E-state index in [9.17, 15) is 5.11 Å². The van der Waals surface area contributed by atoms with Crippen molar-refractivity contribution in [1.29, 1.82) is 5.26 Å². The number of hydrogen-bond acceptors (Lipinski definition) is 6. The molecule has 1 aromatic carbocycles. The molecule has 26 heavy (non-hydrogen) atoms. The molecule has 2 heterocycles. The Morgan fingerprint density at radius 3 is 2.88 bits per heavy atom. The molecule has 1 aliphatic rings. The van der Waals surface area contributed by atoms with E-state index in [4.69, 9.17) is 10.00 Å². The van der Waals surface area contributed by atoms with E-state index in [1.165, 1.54) is 0 Å². The second-order valence-corrected chi connectivity index (χ2v) is 7.17. The van der Waals surface area contributed by atoms with Crippen LogP contribution in [0.1, 0.15) is 49.6 Å². The predicted molar refractivity (Wildman–Crippen MR) is 96.5 cm³/mol. The molecule has 0 radical (unpaired) electrons. The molecular weight excluding hydrogens is 330 g/mol. The van der Waals surface area contributed by atoms with Crippen LogP contribution >= 0.6 is 0 Å². The third-order valence-electron chi connectivity index (χ3n) is 4.86. The quantitative estimate of drug-likeness (QED) is 0.885. The predicted octanol–water partition coefficient (Wildman–Crippen LogP) is 2.22. The van der Waals surface area contributed by atoms with Gasteiger partial charge in [-0.05, 0) is 50.9 Å². The van der Waals surface area contributed by atoms with E-state index in [1.807, 2.05) is 32.2 Å². The van der Waals surface area contributed by atoms with Crippen LogP contribution in [0.4, 0.5) is 0 Å². The Bertz CT molecular complexity index is 811. The highest BCUT2D eigenvalue weighted by Crippen LogP contribution is 2.31. The molecule has 1 N–H and O–H groups in total. The number of nitriles is 1. The van der Waals surface area contributed by atoms with Gasteiger partial charge in [-0.25, -0.2) is 4.68 Å². The van der Waals surface area contributed by atoms with Crippen LogP contribution in [0.5, 0.6) is 5.75 Å². The molecule has 1 aromatic heterocycles. The van der Waals surface area contributed by atoms with Crippen LogP contribution in [-0.4, -0.2) is 45.2 Å². The summed E-state index contributed by atoms with van der Waals surface area (Å²) in [5, 5.41) is 28.6. The zero-order chi connectivity index (χ0) is 18.7. The third kappa shape index (κ3) is 3.71. The van der Waals surface area contributed by atoms with E-state index in [1.54, 1.807) is 17.9 Å². The Hall–Kier alpha value is -2.43. The molecule has 0 unspecified atom stereocenters. The van der Waals surface area contributed by atoms with Gasteiger partial charge in [-0.2, -0.15) is 5.26 Å². The molecule has 1 saturated heterocycles. The molecule has 0 spiro atoms. The summed E-state index contributed by atoms with van der Waals surface area (Å²) in [5.41, 5.74) is 1.23. The van der Waals surface area contributed by atoms with Gasteiger partial charge >= 0.3 is 0 Å². The summed E-state index contributed by atoms with van der Waals surface area (Å²) in [7, 11) is 1.57. The molecule has 1 aliphatic heterocycles. The lowest BCUT2D eigenvalue weighted by molar-refractivity contribution is -0.0414. The molecule has 1 atom stereocenters. The highest BCUT2D eigenvalue weighted by atomic mass is 16.5. The summed E-state index contributed by atoms with van der Waals surface area (Å²) in [6.07, 6.45) is 3.41. The van der Waals surface area contributed by atoms with E-state index < -0.39 is 5.60 Å². The van der Waals surface area contributed by atoms with Crippen LogP contribution < -0.4 is 4.74 Å². The van der Waals surface area contributed by atoms with Gasteiger partial charge in [-0.3, -0.25) is 4.90 Å². The standard InChI is InChI=1S/C19H25N5O2/c1-14(2)24-12-18(21-22-24)19(25)7-4-8-23(13-19)11-15-5-6-16(10-20)17(9-15)26-3/h5-6,9,12,14,25H,4,7-8,11,13H2,1-3H3/t19-/m0/s1. The molecule has 0 saturated carbocycles. The van der Waals surface area contributed by atoms with Crippen LogP contribution in [-0.2, 0) is 12.1 Å². The number of rotatable bonds is 5. The molecule has 1 fully saturated rings. The summed E-state index contributed by atoms with van der Waals surface area (Å²) in [5.74, 6) is 0.581. The Morgan fingerprint density at radius 2 is 2.23 bits per heavy atom. The van der Waals surface area contributed by atoms with E-state index >= 15 is 0 Å². The van der Waals surface area contributed by atoms with Gasteiger partial charge in [0.1, 0.15) is 23.1 Å². The summed E-state index contributed by atoms with van der Waals surface area (Å²) in [6.45, 7) is 6.17. The Kier molecular flexibility index (Phi) is 5.25. The van der Waals surface area contributed by atoms with Crippen molar-refractivity contribution in [3.63, 3.8) is 0 Å². The number of aliphatic hydroxyl groups is 1. The van der Waals surface area contributed by atoms with Gasteiger partial charge in [0, 0.05) is 19.1 Å². The molecule has 7 heteroatoms. The maximum Gasteiger partial charge on any atom is 0.136 e. The van der Waals surface area contributed by atoms with Gasteiger partial charge in [-0.15, -0.1) is 5.10 Å². The first-order valence-corrected chi connectivity index (χ1v) is 8.89. The van der Waals surface area contributed by atoms with Crippen molar-refractivity contribution in [2.75, 3.05) is 20.2 Å². The van der Waals surface area contributed by atoms with Crippen LogP contribution in [0.15, 0.2) is 24.4 Å². The zero-order valence-corrected chi connectivity index (χ0v) is 15.5. The van der Waals surface area contributed by atoms with Gasteiger partial charge in [0.15, 0.2) is 0 Å². The number of benzene rings is 1. The molecule has 2 aromatic rings. The molecule has 3 rings (SSSR count). The van der Waals surface area contributed by atoms with Crippen molar-refractivity contribution < 1.29 is 9.84 Å². The SMILES string of the molecule is COc1cc(CN2CCC[C@@](O)(c3cn(C(C)C)nn3)C2)ccc1C#N. The lowest BCUT2D eigenvalue weighted by Crippen LogP contribution is -2.45. The van der Waals surface area contributed by atoms with Gasteiger partial charge in [0.25, 0.3) is 0 Å². The molecule has 0 amide bonds. The fourth-order valence-electron chi connectivity index (χ4n) is 3.39. The van der Waals surface area contributed by atoms with E-state index in [2.05, 4.69) is 21.3 Å². The van der Waals surface area contributed by atoms with Crippen molar-refractivity contribution in [1.82, 2.24) is 19.9 Å². The molecule has 7 nitrogen and oxygen atoms in total. The molecule has 0 aliphatic carbocycles. The minimum absolute atomic E-state index is 0.214. The normalized spacial score (nSPS) is 20.9. The van der Waals surface area contributed by atoms with Crippen LogP contribution in [0, 0.1) is 11.3 Å². The van der Waals surface area contributed by atoms with E-state index in [0.717, 1.165) is 18.5 Å². The minimum Gasteiger partial charge on any atom is -0.495 e. The van der Waals surface area contributed by atoms with Crippen LogP contribution in [0.3, 0.4) is 0 Å². The van der Waals surface area contributed by atoms with Crippen LogP contribution in [0.25, 0.3) is 0 Å². The largest absolute Gasteiger partial charge is 0.495 e. The molecular formula is C19H25N5O2. The second kappa shape index (κ2) is 7.44. The van der Waals surface area contributed by atoms with E-state index in [-0.39, 0.29) is 6.04 Å². The highest BCUT2D eigenvalue weighted by molar-refractivity contribution is 5.45. The average Bonchev–Trinajstić information content (AvgIpc) is 3.13. The smallest absolute Gasteiger partial charge is 0.136 e. The fraction of sp³-hybridized carbons (Fsp3) is 0.526. The average molecular weight is 355 g/mol. The lowest BCUT2D eigenvalue weighted by Gasteiger charge is -2.38. The number of likely N-dealkylation sites (tertiary alicyclic amines) is 1. The number of methoxy groups -OCH3 is 1. The fourth-order valence-corrected chi connectivity index (χ4v) is 3.39.